The van der Waals surface area contributed by atoms with Gasteiger partial charge in [0.05, 0.1) is 5.69 Å². The number of nitrogen functional groups attached to an aromatic ring is 1. The number of carbonyl (C=O) groups is 1. The third-order valence-electron chi connectivity index (χ3n) is 3.06. The Balaban J connectivity index is 1.91. The molecule has 0 unspecified atom stereocenters. The first-order valence-corrected chi connectivity index (χ1v) is 6.52. The van der Waals surface area contributed by atoms with Crippen LogP contribution in [-0.4, -0.2) is 24.5 Å². The molecular formula is C16H17FN2O2. The molecule has 0 aromatic heterocycles. The molecule has 0 saturated heterocycles. The van der Waals surface area contributed by atoms with Crippen LogP contribution >= 0.6 is 0 Å². The van der Waals surface area contributed by atoms with Gasteiger partial charge in [-0.2, -0.15) is 0 Å². The zero-order valence-electron chi connectivity index (χ0n) is 11.8. The number of hydrogen-bond acceptors (Lipinski definition) is 3. The Morgan fingerprint density at radius 2 is 1.86 bits per heavy atom. The van der Waals surface area contributed by atoms with Gasteiger partial charge in [-0.1, -0.05) is 30.3 Å². The fraction of sp³-hybridized carbons (Fsp3) is 0.188. The summed E-state index contributed by atoms with van der Waals surface area (Å²) in [5, 5.41) is 0. The van der Waals surface area contributed by atoms with Crippen molar-refractivity contribution in [2.75, 3.05) is 19.4 Å². The molecule has 0 fully saturated rings. The number of ether oxygens (including phenoxy) is 1. The summed E-state index contributed by atoms with van der Waals surface area (Å²) in [6.07, 6.45) is 0. The van der Waals surface area contributed by atoms with Gasteiger partial charge in [-0.25, -0.2) is 4.39 Å². The SMILES string of the molecule is CN(Cc1ccccc1F)C(=O)COc1ccccc1N. The van der Waals surface area contributed by atoms with Gasteiger partial charge in [-0.3, -0.25) is 4.79 Å². The quantitative estimate of drug-likeness (QED) is 0.860. The van der Waals surface area contributed by atoms with E-state index in [1.807, 2.05) is 0 Å². The average Bonchev–Trinajstić information content (AvgIpc) is 2.48. The molecule has 21 heavy (non-hydrogen) atoms. The lowest BCUT2D eigenvalue weighted by Crippen LogP contribution is -2.31. The van der Waals surface area contributed by atoms with E-state index in [9.17, 15) is 9.18 Å². The standard InChI is InChI=1S/C16H17FN2O2/c1-19(10-12-6-2-3-7-13(12)17)16(20)11-21-15-9-5-4-8-14(15)18/h2-9H,10-11,18H2,1H3. The maximum atomic E-state index is 13.5. The Labute approximate surface area is 122 Å². The van der Waals surface area contributed by atoms with Crippen molar-refractivity contribution in [2.45, 2.75) is 6.54 Å². The number of anilines is 1. The van der Waals surface area contributed by atoms with E-state index < -0.39 is 0 Å². The van der Waals surface area contributed by atoms with Crippen LogP contribution in [-0.2, 0) is 11.3 Å². The summed E-state index contributed by atoms with van der Waals surface area (Å²) in [6, 6.07) is 13.3. The summed E-state index contributed by atoms with van der Waals surface area (Å²) in [6.45, 7) is 0.0539. The van der Waals surface area contributed by atoms with E-state index in [1.165, 1.54) is 11.0 Å². The number of nitrogens with two attached hydrogens (primary N) is 1. The van der Waals surface area contributed by atoms with E-state index >= 15 is 0 Å². The molecule has 0 radical (unpaired) electrons. The topological polar surface area (TPSA) is 55.6 Å². The molecule has 0 aliphatic rings. The van der Waals surface area contributed by atoms with Gasteiger partial charge in [0, 0.05) is 19.2 Å². The van der Waals surface area contributed by atoms with Crippen LogP contribution < -0.4 is 10.5 Å². The summed E-state index contributed by atoms with van der Waals surface area (Å²) in [7, 11) is 1.60. The van der Waals surface area contributed by atoms with Gasteiger partial charge in [0.1, 0.15) is 11.6 Å². The molecule has 0 saturated carbocycles. The molecule has 0 aliphatic carbocycles. The van der Waals surface area contributed by atoms with E-state index in [1.54, 1.807) is 49.5 Å². The van der Waals surface area contributed by atoms with Crippen LogP contribution in [0, 0.1) is 5.82 Å². The molecule has 4 nitrogen and oxygen atoms in total. The largest absolute Gasteiger partial charge is 0.482 e. The number of likely N-dealkylation sites (N-methyl/N-ethyl adjacent to an activating group) is 1. The molecule has 2 aromatic rings. The van der Waals surface area contributed by atoms with Crippen molar-refractivity contribution in [1.82, 2.24) is 4.90 Å². The lowest BCUT2D eigenvalue weighted by atomic mass is 10.2. The minimum absolute atomic E-state index is 0.140. The van der Waals surface area contributed by atoms with E-state index in [-0.39, 0.29) is 24.9 Å². The highest BCUT2D eigenvalue weighted by Crippen LogP contribution is 2.19. The second kappa shape index (κ2) is 6.74. The molecule has 2 aromatic carbocycles. The molecule has 0 atom stereocenters. The summed E-state index contributed by atoms with van der Waals surface area (Å²) in [5.74, 6) is -0.114. The molecule has 0 aliphatic heterocycles. The molecule has 110 valence electrons. The molecule has 1 amide bonds. The molecule has 0 spiro atoms. The van der Waals surface area contributed by atoms with Crippen molar-refractivity contribution in [1.29, 1.82) is 0 Å². The highest BCUT2D eigenvalue weighted by molar-refractivity contribution is 5.77. The predicted molar refractivity (Wildman–Crippen MR) is 79.2 cm³/mol. The minimum atomic E-state index is -0.328. The fourth-order valence-electron chi connectivity index (χ4n) is 1.83. The van der Waals surface area contributed by atoms with Gasteiger partial charge in [0.25, 0.3) is 5.91 Å². The Kier molecular flexibility index (Phi) is 4.77. The molecule has 0 bridgehead atoms. The van der Waals surface area contributed by atoms with Crippen LogP contribution in [0.3, 0.4) is 0 Å². The predicted octanol–water partition coefficient (Wildman–Crippen LogP) is 2.45. The maximum Gasteiger partial charge on any atom is 0.260 e. The Hall–Kier alpha value is -2.56. The lowest BCUT2D eigenvalue weighted by molar-refractivity contribution is -0.132. The van der Waals surface area contributed by atoms with Gasteiger partial charge in [-0.15, -0.1) is 0 Å². The highest BCUT2D eigenvalue weighted by Gasteiger charge is 2.12. The Morgan fingerprint density at radius 1 is 1.19 bits per heavy atom. The number of carbonyl (C=O) groups excluding carboxylic acids is 1. The normalized spacial score (nSPS) is 10.2. The number of halogens is 1. The second-order valence-corrected chi connectivity index (χ2v) is 4.67. The second-order valence-electron chi connectivity index (χ2n) is 4.67. The van der Waals surface area contributed by atoms with Crippen molar-refractivity contribution in [2.24, 2.45) is 0 Å². The third-order valence-corrected chi connectivity index (χ3v) is 3.06. The summed E-state index contributed by atoms with van der Waals surface area (Å²) >= 11 is 0. The molecular weight excluding hydrogens is 271 g/mol. The highest BCUT2D eigenvalue weighted by atomic mass is 19.1. The first kappa shape index (κ1) is 14.8. The number of amides is 1. The third kappa shape index (κ3) is 3.95. The number of rotatable bonds is 5. The summed E-state index contributed by atoms with van der Waals surface area (Å²) < 4.78 is 18.9. The zero-order valence-corrected chi connectivity index (χ0v) is 11.8. The smallest absolute Gasteiger partial charge is 0.260 e. The first-order chi connectivity index (χ1) is 10.1. The Bertz CT molecular complexity index is 631. The van der Waals surface area contributed by atoms with Crippen molar-refractivity contribution < 1.29 is 13.9 Å². The number of hydrogen-bond donors (Lipinski definition) is 1. The average molecular weight is 288 g/mol. The van der Waals surface area contributed by atoms with Gasteiger partial charge in [0.15, 0.2) is 6.61 Å². The van der Waals surface area contributed by atoms with Crippen molar-refractivity contribution in [3.05, 3.63) is 59.9 Å². The maximum absolute atomic E-state index is 13.5. The molecule has 2 rings (SSSR count). The van der Waals surface area contributed by atoms with Crippen LogP contribution in [0.2, 0.25) is 0 Å². The van der Waals surface area contributed by atoms with E-state index in [2.05, 4.69) is 0 Å². The minimum Gasteiger partial charge on any atom is -0.482 e. The van der Waals surface area contributed by atoms with Gasteiger partial charge in [0.2, 0.25) is 0 Å². The van der Waals surface area contributed by atoms with E-state index in [0.717, 1.165) is 0 Å². The zero-order chi connectivity index (χ0) is 15.2. The van der Waals surface area contributed by atoms with Gasteiger partial charge >= 0.3 is 0 Å². The van der Waals surface area contributed by atoms with Crippen LogP contribution in [0.4, 0.5) is 10.1 Å². The number of benzene rings is 2. The first-order valence-electron chi connectivity index (χ1n) is 6.52. The molecule has 0 heterocycles. The van der Waals surface area contributed by atoms with Crippen molar-refractivity contribution >= 4 is 11.6 Å². The van der Waals surface area contributed by atoms with Crippen molar-refractivity contribution in [3.63, 3.8) is 0 Å². The summed E-state index contributed by atoms with van der Waals surface area (Å²) in [4.78, 5) is 13.4. The van der Waals surface area contributed by atoms with Crippen molar-refractivity contribution in [3.8, 4) is 5.75 Å². The van der Waals surface area contributed by atoms with Crippen LogP contribution in [0.1, 0.15) is 5.56 Å². The van der Waals surface area contributed by atoms with Crippen LogP contribution in [0.15, 0.2) is 48.5 Å². The number of nitrogens with zero attached hydrogens (tertiary/aromatic N) is 1. The lowest BCUT2D eigenvalue weighted by Gasteiger charge is -2.18. The molecule has 5 heteroatoms. The number of para-hydroxylation sites is 2. The van der Waals surface area contributed by atoms with E-state index in [0.29, 0.717) is 17.0 Å². The Morgan fingerprint density at radius 3 is 2.57 bits per heavy atom. The van der Waals surface area contributed by atoms with Crippen LogP contribution in [0.25, 0.3) is 0 Å². The monoisotopic (exact) mass is 288 g/mol. The fourth-order valence-corrected chi connectivity index (χ4v) is 1.83. The van der Waals surface area contributed by atoms with Gasteiger partial charge in [-0.05, 0) is 18.2 Å². The summed E-state index contributed by atoms with van der Waals surface area (Å²) in [5.41, 5.74) is 6.67. The van der Waals surface area contributed by atoms with Gasteiger partial charge < -0.3 is 15.4 Å². The van der Waals surface area contributed by atoms with E-state index in [4.69, 9.17) is 10.5 Å². The van der Waals surface area contributed by atoms with Crippen LogP contribution in [0.5, 0.6) is 5.75 Å². The molecule has 2 N–H and O–H groups in total.